The molecule has 0 radical (unpaired) electrons. The molecular weight excluding hydrogens is 426 g/mol. The monoisotopic (exact) mass is 451 g/mol. The molecule has 2 heterocycles. The summed E-state index contributed by atoms with van der Waals surface area (Å²) in [7, 11) is 0. The number of hydrogen-bond acceptors (Lipinski definition) is 6. The van der Waals surface area contributed by atoms with Crippen LogP contribution in [0.25, 0.3) is 0 Å². The lowest BCUT2D eigenvalue weighted by atomic mass is 10.1. The fourth-order valence-electron chi connectivity index (χ4n) is 3.77. The van der Waals surface area contributed by atoms with E-state index in [0.717, 1.165) is 30.2 Å². The van der Waals surface area contributed by atoms with E-state index in [1.807, 2.05) is 41.8 Å². The molecule has 2 aliphatic heterocycles. The minimum atomic E-state index is -0.720. The molecule has 9 heteroatoms. The van der Waals surface area contributed by atoms with Gasteiger partial charge in [-0.15, -0.1) is 0 Å². The van der Waals surface area contributed by atoms with Gasteiger partial charge in [-0.3, -0.25) is 19.4 Å². The van der Waals surface area contributed by atoms with Crippen molar-refractivity contribution in [1.82, 2.24) is 4.90 Å². The van der Waals surface area contributed by atoms with Gasteiger partial charge in [-0.05, 0) is 42.8 Å². The first-order valence-electron chi connectivity index (χ1n) is 10.4. The number of benzene rings is 2. The molecule has 32 heavy (non-hydrogen) atoms. The van der Waals surface area contributed by atoms with Crippen LogP contribution >= 0.6 is 11.8 Å². The Kier molecular flexibility index (Phi) is 6.45. The van der Waals surface area contributed by atoms with E-state index >= 15 is 0 Å². The van der Waals surface area contributed by atoms with Crippen LogP contribution in [-0.2, 0) is 9.59 Å². The molecule has 0 bridgehead atoms. The summed E-state index contributed by atoms with van der Waals surface area (Å²) in [5, 5.41) is 8.71. The Morgan fingerprint density at radius 2 is 1.81 bits per heavy atom. The number of primary amides is 1. The number of hydrazone groups is 1. The van der Waals surface area contributed by atoms with Gasteiger partial charge in [-0.2, -0.15) is 16.9 Å². The molecule has 8 nitrogen and oxygen atoms in total. The number of nitrogens with zero attached hydrogens (tertiary/aromatic N) is 3. The lowest BCUT2D eigenvalue weighted by Crippen LogP contribution is -2.39. The van der Waals surface area contributed by atoms with Crippen molar-refractivity contribution < 1.29 is 14.4 Å². The van der Waals surface area contributed by atoms with Gasteiger partial charge in [0.05, 0.1) is 5.69 Å². The van der Waals surface area contributed by atoms with E-state index in [4.69, 9.17) is 5.73 Å². The summed E-state index contributed by atoms with van der Waals surface area (Å²) in [5.41, 5.74) is 8.44. The van der Waals surface area contributed by atoms with Crippen molar-refractivity contribution in [1.29, 1.82) is 0 Å². The molecule has 2 aromatic rings. The zero-order valence-corrected chi connectivity index (χ0v) is 18.6. The highest BCUT2D eigenvalue weighted by Crippen LogP contribution is 2.25. The standard InChI is InChI=1S/C23H25N5O3S/c1-15-13-16(23(31)27-9-11-32-12-10-27)7-8-18(15)25-22(30)19-14-20(21(24)29)28(26-19)17-5-3-2-4-6-17/h2-8,13,20H,9-12,14H2,1H3,(H2,24,29)(H,25,30). The summed E-state index contributed by atoms with van der Waals surface area (Å²) in [6, 6.07) is 13.7. The highest BCUT2D eigenvalue weighted by Gasteiger charge is 2.35. The minimum Gasteiger partial charge on any atom is -0.368 e. The van der Waals surface area contributed by atoms with E-state index < -0.39 is 17.9 Å². The van der Waals surface area contributed by atoms with Crippen molar-refractivity contribution in [2.75, 3.05) is 34.9 Å². The topological polar surface area (TPSA) is 108 Å². The van der Waals surface area contributed by atoms with Crippen molar-refractivity contribution in [3.63, 3.8) is 0 Å². The van der Waals surface area contributed by atoms with E-state index in [9.17, 15) is 14.4 Å². The number of hydrogen-bond donors (Lipinski definition) is 2. The molecule has 0 aliphatic carbocycles. The Bertz CT molecular complexity index is 1070. The number of thioether (sulfide) groups is 1. The normalized spacial score (nSPS) is 18.3. The second-order valence-electron chi connectivity index (χ2n) is 7.74. The number of nitrogens with two attached hydrogens (primary N) is 1. The highest BCUT2D eigenvalue weighted by molar-refractivity contribution is 7.99. The molecule has 3 N–H and O–H groups in total. The number of para-hydroxylation sites is 1. The van der Waals surface area contributed by atoms with Crippen LogP contribution in [0.3, 0.4) is 0 Å². The first kappa shape index (κ1) is 21.9. The van der Waals surface area contributed by atoms with Crippen LogP contribution in [0.5, 0.6) is 0 Å². The Labute approximate surface area is 190 Å². The van der Waals surface area contributed by atoms with Gasteiger partial charge in [-0.25, -0.2) is 0 Å². The van der Waals surface area contributed by atoms with Gasteiger partial charge in [0.1, 0.15) is 11.8 Å². The maximum absolute atomic E-state index is 12.9. The molecule has 1 fully saturated rings. The number of carbonyl (C=O) groups is 3. The maximum Gasteiger partial charge on any atom is 0.271 e. The third-order valence-electron chi connectivity index (χ3n) is 5.54. The Hall–Kier alpha value is -3.33. The molecule has 1 unspecified atom stereocenters. The van der Waals surface area contributed by atoms with Crippen LogP contribution in [0.4, 0.5) is 11.4 Å². The fourth-order valence-corrected chi connectivity index (χ4v) is 4.67. The Balaban J connectivity index is 1.48. The number of anilines is 2. The van der Waals surface area contributed by atoms with E-state index in [1.54, 1.807) is 30.3 Å². The first-order valence-corrected chi connectivity index (χ1v) is 11.6. The summed E-state index contributed by atoms with van der Waals surface area (Å²) in [6.45, 7) is 3.34. The van der Waals surface area contributed by atoms with Crippen molar-refractivity contribution in [2.24, 2.45) is 10.8 Å². The molecule has 4 rings (SSSR count). The van der Waals surface area contributed by atoms with Crippen LogP contribution in [-0.4, -0.2) is 59.0 Å². The molecule has 166 valence electrons. The maximum atomic E-state index is 12.9. The predicted molar refractivity (Wildman–Crippen MR) is 127 cm³/mol. The lowest BCUT2D eigenvalue weighted by molar-refractivity contribution is -0.119. The third kappa shape index (κ3) is 4.62. The van der Waals surface area contributed by atoms with Crippen molar-refractivity contribution in [3.05, 3.63) is 59.7 Å². The molecular formula is C23H25N5O3S. The molecule has 1 saturated heterocycles. The Morgan fingerprint density at radius 1 is 1.09 bits per heavy atom. The molecule has 0 saturated carbocycles. The third-order valence-corrected chi connectivity index (χ3v) is 6.48. The smallest absolute Gasteiger partial charge is 0.271 e. The summed E-state index contributed by atoms with van der Waals surface area (Å²) in [4.78, 5) is 39.4. The van der Waals surface area contributed by atoms with Crippen molar-refractivity contribution in [2.45, 2.75) is 19.4 Å². The number of nitrogens with one attached hydrogen (secondary N) is 1. The number of aryl methyl sites for hydroxylation is 1. The van der Waals surface area contributed by atoms with E-state index in [1.165, 1.54) is 5.01 Å². The van der Waals surface area contributed by atoms with Crippen molar-refractivity contribution in [3.8, 4) is 0 Å². The van der Waals surface area contributed by atoms with Crippen LogP contribution in [0.15, 0.2) is 53.6 Å². The minimum absolute atomic E-state index is 0.00856. The Morgan fingerprint density at radius 3 is 2.47 bits per heavy atom. The SMILES string of the molecule is Cc1cc(C(=O)N2CCSCC2)ccc1NC(=O)C1=NN(c2ccccc2)C(C(N)=O)C1. The second kappa shape index (κ2) is 9.44. The zero-order chi connectivity index (χ0) is 22.7. The van der Waals surface area contributed by atoms with Crippen LogP contribution in [0.1, 0.15) is 22.3 Å². The van der Waals surface area contributed by atoms with Crippen molar-refractivity contribution >= 4 is 46.6 Å². The summed E-state index contributed by atoms with van der Waals surface area (Å²) in [6.07, 6.45) is 0.124. The number of amides is 3. The molecule has 0 aromatic heterocycles. The molecule has 2 aliphatic rings. The molecule has 3 amide bonds. The molecule has 2 aromatic carbocycles. The van der Waals surface area contributed by atoms with Crippen LogP contribution in [0.2, 0.25) is 0 Å². The summed E-state index contributed by atoms with van der Waals surface area (Å²) >= 11 is 1.85. The molecule has 1 atom stereocenters. The van der Waals surface area contributed by atoms with E-state index in [0.29, 0.717) is 16.9 Å². The van der Waals surface area contributed by atoms with Gasteiger partial charge in [0, 0.05) is 42.3 Å². The van der Waals surface area contributed by atoms with Gasteiger partial charge in [0.2, 0.25) is 5.91 Å². The lowest BCUT2D eigenvalue weighted by Gasteiger charge is -2.26. The quantitative estimate of drug-likeness (QED) is 0.725. The average Bonchev–Trinajstić information content (AvgIpc) is 3.27. The molecule has 0 spiro atoms. The van der Waals surface area contributed by atoms with E-state index in [-0.39, 0.29) is 18.0 Å². The van der Waals surface area contributed by atoms with Gasteiger partial charge < -0.3 is 16.0 Å². The highest BCUT2D eigenvalue weighted by atomic mass is 32.2. The van der Waals surface area contributed by atoms with Gasteiger partial charge in [0.25, 0.3) is 11.8 Å². The zero-order valence-electron chi connectivity index (χ0n) is 17.8. The summed E-state index contributed by atoms with van der Waals surface area (Å²) < 4.78 is 0. The van der Waals surface area contributed by atoms with Gasteiger partial charge >= 0.3 is 0 Å². The number of rotatable bonds is 5. The van der Waals surface area contributed by atoms with E-state index in [2.05, 4.69) is 10.4 Å². The average molecular weight is 452 g/mol. The van der Waals surface area contributed by atoms with Gasteiger partial charge in [-0.1, -0.05) is 18.2 Å². The summed E-state index contributed by atoms with van der Waals surface area (Å²) in [5.74, 6) is 0.968. The first-order chi connectivity index (χ1) is 15.4. The van der Waals surface area contributed by atoms with Crippen LogP contribution in [0, 0.1) is 6.92 Å². The second-order valence-corrected chi connectivity index (χ2v) is 8.96. The number of carbonyl (C=O) groups excluding carboxylic acids is 3. The predicted octanol–water partition coefficient (Wildman–Crippen LogP) is 2.24. The van der Waals surface area contributed by atoms with Crippen LogP contribution < -0.4 is 16.1 Å². The van der Waals surface area contributed by atoms with Gasteiger partial charge in [0.15, 0.2) is 0 Å². The largest absolute Gasteiger partial charge is 0.368 e. The fraction of sp³-hybridized carbons (Fsp3) is 0.304.